The average molecular weight is 267 g/mol. The molecule has 1 atom stereocenters. The van der Waals surface area contributed by atoms with Gasteiger partial charge in [-0.05, 0) is 6.07 Å². The Labute approximate surface area is 108 Å². The minimum atomic E-state index is -2.81. The highest BCUT2D eigenvalue weighted by Crippen LogP contribution is 2.34. The van der Waals surface area contributed by atoms with Gasteiger partial charge in [0.05, 0.1) is 5.54 Å². The van der Waals surface area contributed by atoms with Gasteiger partial charge in [-0.3, -0.25) is 0 Å². The summed E-state index contributed by atoms with van der Waals surface area (Å²) in [6.45, 7) is 1.93. The summed E-state index contributed by atoms with van der Waals surface area (Å²) in [5.74, 6) is 0.496. The van der Waals surface area contributed by atoms with Crippen LogP contribution < -0.4 is 4.74 Å². The molecule has 1 aromatic rings. The van der Waals surface area contributed by atoms with Crippen molar-refractivity contribution in [2.45, 2.75) is 12.5 Å². The number of benzene rings is 1. The third-order valence-electron chi connectivity index (χ3n) is 2.93. The first-order chi connectivity index (χ1) is 8.65. The zero-order chi connectivity index (χ0) is 13.6. The van der Waals surface area contributed by atoms with Crippen LogP contribution in [0.15, 0.2) is 24.3 Å². The molecule has 0 heterocycles. The summed E-state index contributed by atoms with van der Waals surface area (Å²) in [4.78, 5) is 0. The molecular weight excluding hydrogens is 250 g/mol. The van der Waals surface area contributed by atoms with Gasteiger partial charge in [0.25, 0.3) is 6.26 Å². The number of hydrogen-bond acceptors (Lipinski definition) is 5. The van der Waals surface area contributed by atoms with E-state index in [4.69, 9.17) is 23.3 Å². The van der Waals surface area contributed by atoms with Gasteiger partial charge in [-0.15, -0.1) is 5.26 Å². The molecule has 0 aromatic heterocycles. The minimum Gasteiger partial charge on any atom is -0.388 e. The number of ether oxygens (including phenoxy) is 1. The molecule has 0 spiro atoms. The number of hydrogen-bond donors (Lipinski definition) is 0. The Kier molecular flexibility index (Phi) is 5.31. The van der Waals surface area contributed by atoms with Crippen LogP contribution in [0.4, 0.5) is 0 Å². The van der Waals surface area contributed by atoms with Gasteiger partial charge in [0, 0.05) is 26.9 Å². The summed E-state index contributed by atoms with van der Waals surface area (Å²) < 4.78 is 21.3. The molecule has 0 saturated heterocycles. The summed E-state index contributed by atoms with van der Waals surface area (Å²) in [5, 5.41) is 8.65. The molecule has 0 aliphatic heterocycles. The van der Waals surface area contributed by atoms with E-state index in [-0.39, 0.29) is 5.54 Å². The van der Waals surface area contributed by atoms with Crippen LogP contribution in [-0.4, -0.2) is 30.1 Å². The summed E-state index contributed by atoms with van der Waals surface area (Å²) in [6, 6.07) is 7.28. The highest BCUT2D eigenvalue weighted by Gasteiger charge is 2.46. The first-order valence-corrected chi connectivity index (χ1v) is 7.25. The third-order valence-corrected chi connectivity index (χ3v) is 6.00. The summed E-state index contributed by atoms with van der Waals surface area (Å²) >= 11 is 0. The Hall–Kier alpha value is -1.39. The standard InChI is InChI=1S/C12H17NO4Si/c1-10(18(14-2,15-3)16-4)11-7-5-6-8-12(11)17-9-13/h5-8,10H,1-4H3. The maximum Gasteiger partial charge on any atom is 0.507 e. The van der Waals surface area contributed by atoms with Crippen LogP contribution in [0, 0.1) is 11.5 Å². The predicted molar refractivity (Wildman–Crippen MR) is 67.9 cm³/mol. The van der Waals surface area contributed by atoms with Crippen molar-refractivity contribution >= 4 is 8.80 Å². The molecule has 0 aliphatic carbocycles. The van der Waals surface area contributed by atoms with Crippen LogP contribution in [0.3, 0.4) is 0 Å². The molecule has 98 valence electrons. The molecule has 0 bridgehead atoms. The highest BCUT2D eigenvalue weighted by molar-refractivity contribution is 6.62. The van der Waals surface area contributed by atoms with Gasteiger partial charge in [0.2, 0.25) is 0 Å². The molecule has 0 saturated carbocycles. The lowest BCUT2D eigenvalue weighted by Gasteiger charge is -2.30. The van der Waals surface area contributed by atoms with Crippen molar-refractivity contribution in [3.63, 3.8) is 0 Å². The van der Waals surface area contributed by atoms with E-state index in [1.54, 1.807) is 39.7 Å². The van der Waals surface area contributed by atoms with E-state index in [0.29, 0.717) is 5.75 Å². The summed E-state index contributed by atoms with van der Waals surface area (Å²) in [7, 11) is 1.87. The Morgan fingerprint density at radius 3 is 2.17 bits per heavy atom. The monoisotopic (exact) mass is 267 g/mol. The van der Waals surface area contributed by atoms with Crippen LogP contribution in [0.25, 0.3) is 0 Å². The zero-order valence-electron chi connectivity index (χ0n) is 11.0. The number of nitrogens with zero attached hydrogens (tertiary/aromatic N) is 1. The van der Waals surface area contributed by atoms with Gasteiger partial charge in [0.1, 0.15) is 5.75 Å². The Bertz CT molecular complexity index is 420. The third kappa shape index (κ3) is 2.71. The van der Waals surface area contributed by atoms with Crippen molar-refractivity contribution in [3.05, 3.63) is 29.8 Å². The molecular formula is C12H17NO4Si. The first kappa shape index (κ1) is 14.7. The molecule has 1 aromatic carbocycles. The smallest absolute Gasteiger partial charge is 0.388 e. The van der Waals surface area contributed by atoms with Crippen LogP contribution in [0.5, 0.6) is 5.75 Å². The number of para-hydroxylation sites is 1. The molecule has 0 N–H and O–H groups in total. The van der Waals surface area contributed by atoms with E-state index >= 15 is 0 Å². The van der Waals surface area contributed by atoms with E-state index in [0.717, 1.165) is 5.56 Å². The fourth-order valence-electron chi connectivity index (χ4n) is 1.95. The average Bonchev–Trinajstić information content (AvgIpc) is 2.42. The lowest BCUT2D eigenvalue weighted by Crippen LogP contribution is -2.48. The van der Waals surface area contributed by atoms with Gasteiger partial charge in [-0.2, -0.15) is 0 Å². The second-order valence-electron chi connectivity index (χ2n) is 3.67. The predicted octanol–water partition coefficient (Wildman–Crippen LogP) is 2.07. The largest absolute Gasteiger partial charge is 0.507 e. The van der Waals surface area contributed by atoms with Crippen molar-refractivity contribution in [3.8, 4) is 12.0 Å². The van der Waals surface area contributed by atoms with E-state index < -0.39 is 8.80 Å². The number of nitriles is 1. The Morgan fingerprint density at radius 2 is 1.67 bits per heavy atom. The minimum absolute atomic E-state index is 0.137. The molecule has 1 rings (SSSR count). The lowest BCUT2D eigenvalue weighted by atomic mass is 10.1. The van der Waals surface area contributed by atoms with Gasteiger partial charge in [-0.25, -0.2) is 0 Å². The van der Waals surface area contributed by atoms with Crippen molar-refractivity contribution in [1.82, 2.24) is 0 Å². The lowest BCUT2D eigenvalue weighted by molar-refractivity contribution is 0.114. The first-order valence-electron chi connectivity index (χ1n) is 5.45. The normalized spacial score (nSPS) is 12.8. The molecule has 5 nitrogen and oxygen atoms in total. The van der Waals surface area contributed by atoms with Crippen LogP contribution in [0.1, 0.15) is 18.0 Å². The second kappa shape index (κ2) is 6.52. The van der Waals surface area contributed by atoms with Crippen LogP contribution in [-0.2, 0) is 13.3 Å². The molecule has 0 fully saturated rings. The highest BCUT2D eigenvalue weighted by atomic mass is 28.4. The summed E-state index contributed by atoms with van der Waals surface area (Å²) in [6.07, 6.45) is 1.68. The van der Waals surface area contributed by atoms with E-state index in [9.17, 15) is 0 Å². The Balaban J connectivity index is 3.17. The Morgan fingerprint density at radius 1 is 1.11 bits per heavy atom. The molecule has 6 heteroatoms. The fraction of sp³-hybridized carbons (Fsp3) is 0.417. The van der Waals surface area contributed by atoms with Crippen molar-refractivity contribution in [1.29, 1.82) is 5.26 Å². The summed E-state index contributed by atoms with van der Waals surface area (Å²) in [5.41, 5.74) is 0.693. The molecule has 0 radical (unpaired) electrons. The molecule has 0 amide bonds. The van der Waals surface area contributed by atoms with Gasteiger partial charge >= 0.3 is 8.80 Å². The SMILES string of the molecule is CO[Si](OC)(OC)C(C)c1ccccc1OC#N. The maximum atomic E-state index is 8.65. The second-order valence-corrected chi connectivity index (χ2v) is 6.97. The van der Waals surface area contributed by atoms with Gasteiger partial charge in [0.15, 0.2) is 0 Å². The molecule has 0 aliphatic rings. The fourth-order valence-corrected chi connectivity index (χ4v) is 4.13. The zero-order valence-corrected chi connectivity index (χ0v) is 12.0. The topological polar surface area (TPSA) is 60.7 Å². The number of rotatable bonds is 6. The van der Waals surface area contributed by atoms with Crippen molar-refractivity contribution in [2.24, 2.45) is 0 Å². The van der Waals surface area contributed by atoms with Crippen molar-refractivity contribution in [2.75, 3.05) is 21.3 Å². The van der Waals surface area contributed by atoms with Crippen molar-refractivity contribution < 1.29 is 18.0 Å². The quantitative estimate of drug-likeness (QED) is 0.583. The van der Waals surface area contributed by atoms with Crippen LogP contribution in [0.2, 0.25) is 0 Å². The van der Waals surface area contributed by atoms with Crippen LogP contribution >= 0.6 is 0 Å². The van der Waals surface area contributed by atoms with E-state index in [2.05, 4.69) is 0 Å². The van der Waals surface area contributed by atoms with E-state index in [1.807, 2.05) is 19.1 Å². The molecule has 18 heavy (non-hydrogen) atoms. The maximum absolute atomic E-state index is 8.65. The van der Waals surface area contributed by atoms with Gasteiger partial charge < -0.3 is 18.0 Å². The van der Waals surface area contributed by atoms with E-state index in [1.165, 1.54) is 0 Å². The van der Waals surface area contributed by atoms with Gasteiger partial charge in [-0.1, -0.05) is 25.1 Å². The molecule has 1 unspecified atom stereocenters.